The second kappa shape index (κ2) is 6.44. The summed E-state index contributed by atoms with van der Waals surface area (Å²) >= 11 is 0. The minimum atomic E-state index is -0.198. The van der Waals surface area contributed by atoms with Crippen LogP contribution in [0.5, 0.6) is 11.5 Å². The summed E-state index contributed by atoms with van der Waals surface area (Å²) in [5.41, 5.74) is 7.12. The lowest BCUT2D eigenvalue weighted by molar-refractivity contribution is 0.0955. The van der Waals surface area contributed by atoms with Crippen molar-refractivity contribution >= 4 is 11.6 Å². The van der Waals surface area contributed by atoms with Crippen LogP contribution < -0.4 is 15.8 Å². The first-order valence-electron chi connectivity index (χ1n) is 6.50. The van der Waals surface area contributed by atoms with Crippen LogP contribution in [0.3, 0.4) is 0 Å². The average Bonchev–Trinajstić information content (AvgIpc) is 2.50. The van der Waals surface area contributed by atoms with Gasteiger partial charge in [0, 0.05) is 12.1 Å². The van der Waals surface area contributed by atoms with Gasteiger partial charge in [-0.25, -0.2) is 0 Å². The molecule has 0 unspecified atom stereocenters. The molecule has 2 rings (SSSR count). The molecule has 1 amide bonds. The summed E-state index contributed by atoms with van der Waals surface area (Å²) in [6.45, 7) is 2.38. The predicted molar refractivity (Wildman–Crippen MR) is 80.1 cm³/mol. The highest BCUT2D eigenvalue weighted by molar-refractivity contribution is 5.95. The number of carbonyl (C=O) groups is 1. The molecule has 0 aromatic heterocycles. The highest BCUT2D eigenvalue weighted by atomic mass is 16.5. The Labute approximate surface area is 123 Å². The van der Waals surface area contributed by atoms with Gasteiger partial charge in [0.25, 0.3) is 5.91 Å². The second-order valence-corrected chi connectivity index (χ2v) is 4.32. The van der Waals surface area contributed by atoms with E-state index in [0.29, 0.717) is 34.9 Å². The number of benzene rings is 2. The van der Waals surface area contributed by atoms with E-state index in [4.69, 9.17) is 15.7 Å². The molecule has 0 bridgehead atoms. The molecule has 0 heterocycles. The fourth-order valence-corrected chi connectivity index (χ4v) is 1.79. The number of hydrogen-bond donors (Lipinski definition) is 2. The average molecular weight is 281 g/mol. The van der Waals surface area contributed by atoms with E-state index in [2.05, 4.69) is 5.32 Å². The Kier molecular flexibility index (Phi) is 4.42. The fraction of sp³-hybridized carbons (Fsp3) is 0.125. The molecule has 106 valence electrons. The van der Waals surface area contributed by atoms with Crippen molar-refractivity contribution in [2.45, 2.75) is 6.92 Å². The third kappa shape index (κ3) is 3.31. The molecular weight excluding hydrogens is 266 g/mol. The van der Waals surface area contributed by atoms with Gasteiger partial charge < -0.3 is 15.8 Å². The summed E-state index contributed by atoms with van der Waals surface area (Å²) in [4.78, 5) is 11.8. The number of carbonyl (C=O) groups excluding carboxylic acids is 1. The third-order valence-corrected chi connectivity index (χ3v) is 2.84. The first kappa shape index (κ1) is 14.4. The molecule has 0 spiro atoms. The molecule has 3 N–H and O–H groups in total. The van der Waals surface area contributed by atoms with Gasteiger partial charge in [-0.15, -0.1) is 0 Å². The van der Waals surface area contributed by atoms with E-state index in [9.17, 15) is 4.79 Å². The molecule has 0 atom stereocenters. The normalized spacial score (nSPS) is 9.71. The Morgan fingerprint density at radius 3 is 2.76 bits per heavy atom. The van der Waals surface area contributed by atoms with Crippen molar-refractivity contribution in [2.24, 2.45) is 0 Å². The second-order valence-electron chi connectivity index (χ2n) is 4.32. The maximum Gasteiger partial charge on any atom is 0.251 e. The summed E-state index contributed by atoms with van der Waals surface area (Å²) in [7, 11) is 0. The zero-order chi connectivity index (χ0) is 15.2. The summed E-state index contributed by atoms with van der Waals surface area (Å²) < 4.78 is 5.67. The van der Waals surface area contributed by atoms with Gasteiger partial charge in [-0.3, -0.25) is 4.79 Å². The van der Waals surface area contributed by atoms with Crippen molar-refractivity contribution in [3.8, 4) is 17.6 Å². The molecule has 5 heteroatoms. The zero-order valence-electron chi connectivity index (χ0n) is 11.6. The van der Waals surface area contributed by atoms with E-state index in [-0.39, 0.29) is 5.91 Å². The van der Waals surface area contributed by atoms with Crippen LogP contribution in [0.15, 0.2) is 42.5 Å². The molecule has 0 aliphatic heterocycles. The van der Waals surface area contributed by atoms with Gasteiger partial charge in [-0.1, -0.05) is 12.1 Å². The summed E-state index contributed by atoms with van der Waals surface area (Å²) in [5, 5.41) is 11.8. The number of rotatable bonds is 4. The monoisotopic (exact) mass is 281 g/mol. The highest BCUT2D eigenvalue weighted by Gasteiger charge is 2.11. The topological polar surface area (TPSA) is 88.1 Å². The van der Waals surface area contributed by atoms with Crippen molar-refractivity contribution in [1.29, 1.82) is 5.26 Å². The lowest BCUT2D eigenvalue weighted by Crippen LogP contribution is -2.22. The molecule has 21 heavy (non-hydrogen) atoms. The molecule has 0 aliphatic carbocycles. The van der Waals surface area contributed by atoms with E-state index in [1.165, 1.54) is 0 Å². The molecule has 0 aliphatic rings. The minimum absolute atomic E-state index is 0.198. The Morgan fingerprint density at radius 1 is 1.29 bits per heavy atom. The van der Waals surface area contributed by atoms with E-state index in [1.807, 2.05) is 13.0 Å². The van der Waals surface area contributed by atoms with Gasteiger partial charge >= 0.3 is 0 Å². The Hall–Kier alpha value is -3.00. The number of nitriles is 1. The Morgan fingerprint density at radius 2 is 2.05 bits per heavy atom. The standard InChI is InChI=1S/C16H15N3O2/c1-2-19-16(20)11-7-8-13(18)15(9-11)21-14-6-4-3-5-12(14)10-17/h3-9H,2,18H2,1H3,(H,19,20). The van der Waals surface area contributed by atoms with Crippen LogP contribution in [-0.4, -0.2) is 12.5 Å². The number of ether oxygens (including phenoxy) is 1. The van der Waals surface area contributed by atoms with Crippen LogP contribution in [0, 0.1) is 11.3 Å². The zero-order valence-corrected chi connectivity index (χ0v) is 11.6. The molecule has 2 aromatic rings. The van der Waals surface area contributed by atoms with Gasteiger partial charge in [0.15, 0.2) is 5.75 Å². The van der Waals surface area contributed by atoms with Gasteiger partial charge in [0.05, 0.1) is 11.3 Å². The van der Waals surface area contributed by atoms with Crippen molar-refractivity contribution in [1.82, 2.24) is 5.32 Å². The van der Waals surface area contributed by atoms with Crippen LogP contribution in [0.1, 0.15) is 22.8 Å². The van der Waals surface area contributed by atoms with E-state index >= 15 is 0 Å². The largest absolute Gasteiger partial charge is 0.454 e. The van der Waals surface area contributed by atoms with E-state index in [1.54, 1.807) is 42.5 Å². The van der Waals surface area contributed by atoms with Gasteiger partial charge in [0.1, 0.15) is 11.8 Å². The number of nitrogens with two attached hydrogens (primary N) is 1. The third-order valence-electron chi connectivity index (χ3n) is 2.84. The minimum Gasteiger partial charge on any atom is -0.454 e. The Bertz CT molecular complexity index is 705. The molecule has 0 fully saturated rings. The summed E-state index contributed by atoms with van der Waals surface area (Å²) in [5.74, 6) is 0.553. The van der Waals surface area contributed by atoms with E-state index in [0.717, 1.165) is 0 Å². The van der Waals surface area contributed by atoms with Crippen molar-refractivity contribution < 1.29 is 9.53 Å². The summed E-state index contributed by atoms with van der Waals surface area (Å²) in [6.07, 6.45) is 0. The number of hydrogen-bond acceptors (Lipinski definition) is 4. The quantitative estimate of drug-likeness (QED) is 0.843. The molecule has 0 saturated heterocycles. The van der Waals surface area contributed by atoms with Crippen molar-refractivity contribution in [2.75, 3.05) is 12.3 Å². The molecule has 0 saturated carbocycles. The fourth-order valence-electron chi connectivity index (χ4n) is 1.79. The highest BCUT2D eigenvalue weighted by Crippen LogP contribution is 2.30. The molecule has 2 aromatic carbocycles. The first-order valence-corrected chi connectivity index (χ1v) is 6.50. The Balaban J connectivity index is 2.34. The number of nitrogens with one attached hydrogen (secondary N) is 1. The summed E-state index contributed by atoms with van der Waals surface area (Å²) in [6, 6.07) is 13.7. The number of nitrogen functional groups attached to an aromatic ring is 1. The van der Waals surface area contributed by atoms with Gasteiger partial charge in [-0.2, -0.15) is 5.26 Å². The predicted octanol–water partition coefficient (Wildman–Crippen LogP) is 2.68. The SMILES string of the molecule is CCNC(=O)c1ccc(N)c(Oc2ccccc2C#N)c1. The maximum absolute atomic E-state index is 11.8. The molecule has 5 nitrogen and oxygen atoms in total. The van der Waals surface area contributed by atoms with Gasteiger partial charge in [0.2, 0.25) is 0 Å². The lowest BCUT2D eigenvalue weighted by atomic mass is 10.1. The van der Waals surface area contributed by atoms with Crippen LogP contribution in [0.2, 0.25) is 0 Å². The number of para-hydroxylation sites is 1. The lowest BCUT2D eigenvalue weighted by Gasteiger charge is -2.11. The first-order chi connectivity index (χ1) is 10.2. The molecular formula is C16H15N3O2. The maximum atomic E-state index is 11.8. The van der Waals surface area contributed by atoms with Crippen molar-refractivity contribution in [3.05, 3.63) is 53.6 Å². The number of amides is 1. The van der Waals surface area contributed by atoms with Crippen molar-refractivity contribution in [3.63, 3.8) is 0 Å². The van der Waals surface area contributed by atoms with Gasteiger partial charge in [-0.05, 0) is 37.3 Å². The van der Waals surface area contributed by atoms with Crippen LogP contribution in [0.25, 0.3) is 0 Å². The van der Waals surface area contributed by atoms with E-state index < -0.39 is 0 Å². The molecule has 0 radical (unpaired) electrons. The van der Waals surface area contributed by atoms with Crippen LogP contribution in [0.4, 0.5) is 5.69 Å². The number of anilines is 1. The van der Waals surface area contributed by atoms with Crippen LogP contribution in [-0.2, 0) is 0 Å². The smallest absolute Gasteiger partial charge is 0.251 e. The van der Waals surface area contributed by atoms with Crippen LogP contribution >= 0.6 is 0 Å². The number of nitrogens with zero attached hydrogens (tertiary/aromatic N) is 1.